The maximum Gasteiger partial charge on any atom is 0.408 e. The fourth-order valence-electron chi connectivity index (χ4n) is 3.70. The fourth-order valence-corrected chi connectivity index (χ4v) is 3.88. The number of carbonyl (C=O) groups is 2. The number of fused-ring (bicyclic) bond motifs is 1. The highest BCUT2D eigenvalue weighted by Crippen LogP contribution is 2.35. The smallest absolute Gasteiger partial charge is 0.408 e. The fraction of sp³-hybridized carbons (Fsp3) is 0.300. The third kappa shape index (κ3) is 4.38. The highest BCUT2D eigenvalue weighted by atomic mass is 35.5. The Morgan fingerprint density at radius 3 is 2.84 bits per heavy atom. The number of aromatic nitrogens is 4. The van der Waals surface area contributed by atoms with Gasteiger partial charge in [0.25, 0.3) is 5.91 Å². The van der Waals surface area contributed by atoms with Gasteiger partial charge in [0.05, 0.1) is 17.3 Å². The molecule has 2 amide bonds. The van der Waals surface area contributed by atoms with Gasteiger partial charge >= 0.3 is 6.09 Å². The van der Waals surface area contributed by atoms with Crippen molar-refractivity contribution in [3.8, 4) is 0 Å². The molecule has 4 rings (SSSR count). The van der Waals surface area contributed by atoms with Crippen molar-refractivity contribution in [3.63, 3.8) is 0 Å². The summed E-state index contributed by atoms with van der Waals surface area (Å²) in [5, 5.41) is 13.2. The Morgan fingerprint density at radius 2 is 2.13 bits per heavy atom. The zero-order valence-electron chi connectivity index (χ0n) is 16.9. The van der Waals surface area contributed by atoms with Gasteiger partial charge in [-0.1, -0.05) is 16.8 Å². The van der Waals surface area contributed by atoms with Crippen LogP contribution in [-0.4, -0.2) is 31.6 Å². The number of alkyl carbamates (subject to hydrolysis) is 1. The number of nitrogens with one attached hydrogen (secondary N) is 2. The first kappa shape index (κ1) is 20.9. The molecule has 0 saturated carbocycles. The van der Waals surface area contributed by atoms with Gasteiger partial charge in [-0.2, -0.15) is 0 Å². The van der Waals surface area contributed by atoms with Crippen LogP contribution >= 0.6 is 11.6 Å². The predicted molar refractivity (Wildman–Crippen MR) is 110 cm³/mol. The number of rotatable bonds is 5. The van der Waals surface area contributed by atoms with Crippen molar-refractivity contribution in [1.82, 2.24) is 24.9 Å². The molecule has 0 spiro atoms. The minimum atomic E-state index is -0.570. The second kappa shape index (κ2) is 8.38. The van der Waals surface area contributed by atoms with E-state index in [1.165, 1.54) is 22.9 Å². The third-order valence-corrected chi connectivity index (χ3v) is 5.35. The van der Waals surface area contributed by atoms with E-state index in [1.54, 1.807) is 24.9 Å². The summed E-state index contributed by atoms with van der Waals surface area (Å²) in [5.74, 6) is -0.892. The number of amides is 2. The summed E-state index contributed by atoms with van der Waals surface area (Å²) in [6.45, 7) is 0.0158. The number of aryl methyl sites for hydroxylation is 2. The molecule has 2 N–H and O–H groups in total. The largest absolute Gasteiger partial charge is 0.443 e. The molecule has 1 aromatic carbocycles. The lowest BCUT2D eigenvalue weighted by Gasteiger charge is -2.12. The molecular formula is C20H20ClFN6O3. The van der Waals surface area contributed by atoms with Gasteiger partial charge in [0, 0.05) is 26.0 Å². The quantitative estimate of drug-likeness (QED) is 0.626. The van der Waals surface area contributed by atoms with Crippen LogP contribution < -0.4 is 10.6 Å². The normalized spacial score (nSPS) is 14.9. The molecule has 1 aliphatic rings. The highest BCUT2D eigenvalue weighted by Gasteiger charge is 2.31. The summed E-state index contributed by atoms with van der Waals surface area (Å²) >= 11 is 5.79. The Balaban J connectivity index is 1.43. The Morgan fingerprint density at radius 1 is 1.32 bits per heavy atom. The lowest BCUT2D eigenvalue weighted by atomic mass is 10.1. The Kier molecular flexibility index (Phi) is 5.64. The van der Waals surface area contributed by atoms with E-state index in [0.29, 0.717) is 29.9 Å². The summed E-state index contributed by atoms with van der Waals surface area (Å²) in [6, 6.07) is 3.73. The van der Waals surface area contributed by atoms with E-state index in [1.807, 2.05) is 6.20 Å². The van der Waals surface area contributed by atoms with E-state index in [-0.39, 0.29) is 23.6 Å². The average molecular weight is 447 g/mol. The van der Waals surface area contributed by atoms with Gasteiger partial charge in [0.1, 0.15) is 23.8 Å². The number of nitrogens with zero attached hydrogens (tertiary/aromatic N) is 4. The second-order valence-corrected chi connectivity index (χ2v) is 7.71. The molecule has 1 atom stereocenters. The van der Waals surface area contributed by atoms with Crippen LogP contribution in [0.5, 0.6) is 0 Å². The number of ether oxygens (including phenoxy) is 1. The Bertz CT molecular complexity index is 1160. The van der Waals surface area contributed by atoms with Crippen LogP contribution in [0.2, 0.25) is 5.02 Å². The minimum Gasteiger partial charge on any atom is -0.443 e. The van der Waals surface area contributed by atoms with E-state index >= 15 is 0 Å². The SMILES string of the molecule is Cn1cc(COC(=O)N[C@H]2CCc3c2cn(C)c3C(=O)Nc2ccc(F)c(Cl)c2)nn1. The lowest BCUT2D eigenvalue weighted by Crippen LogP contribution is -2.27. The Hall–Kier alpha value is -3.40. The van der Waals surface area contributed by atoms with Crippen LogP contribution in [-0.2, 0) is 31.9 Å². The van der Waals surface area contributed by atoms with Crippen molar-refractivity contribution in [1.29, 1.82) is 0 Å². The predicted octanol–water partition coefficient (Wildman–Crippen LogP) is 3.11. The first-order valence-electron chi connectivity index (χ1n) is 9.55. The first-order valence-corrected chi connectivity index (χ1v) is 9.92. The van der Waals surface area contributed by atoms with Gasteiger partial charge in [-0.3, -0.25) is 9.48 Å². The van der Waals surface area contributed by atoms with Gasteiger partial charge in [-0.05, 0) is 42.2 Å². The second-order valence-electron chi connectivity index (χ2n) is 7.30. The van der Waals surface area contributed by atoms with Crippen molar-refractivity contribution in [2.45, 2.75) is 25.5 Å². The molecule has 1 aliphatic carbocycles. The average Bonchev–Trinajstić information content (AvgIpc) is 3.39. The zero-order valence-corrected chi connectivity index (χ0v) is 17.6. The van der Waals surface area contributed by atoms with Gasteiger partial charge < -0.3 is 19.9 Å². The van der Waals surface area contributed by atoms with Crippen LogP contribution in [0.25, 0.3) is 0 Å². The van der Waals surface area contributed by atoms with E-state index < -0.39 is 11.9 Å². The zero-order chi connectivity index (χ0) is 22.1. The molecule has 0 unspecified atom stereocenters. The number of hydrogen-bond acceptors (Lipinski definition) is 5. The van der Waals surface area contributed by atoms with Crippen molar-refractivity contribution >= 4 is 29.3 Å². The molecule has 0 radical (unpaired) electrons. The van der Waals surface area contributed by atoms with Gasteiger partial charge in [-0.25, -0.2) is 9.18 Å². The first-order chi connectivity index (χ1) is 14.8. The van der Waals surface area contributed by atoms with Crippen LogP contribution in [0.4, 0.5) is 14.9 Å². The molecule has 162 valence electrons. The molecule has 0 aliphatic heterocycles. The van der Waals surface area contributed by atoms with Crippen molar-refractivity contribution in [2.75, 3.05) is 5.32 Å². The van der Waals surface area contributed by atoms with Gasteiger partial charge in [0.15, 0.2) is 0 Å². The number of anilines is 1. The maximum atomic E-state index is 13.4. The van der Waals surface area contributed by atoms with E-state index in [4.69, 9.17) is 16.3 Å². The van der Waals surface area contributed by atoms with Crippen molar-refractivity contribution in [2.24, 2.45) is 14.1 Å². The molecule has 0 saturated heterocycles. The number of hydrogen-bond donors (Lipinski definition) is 2. The van der Waals surface area contributed by atoms with Crippen LogP contribution in [0.1, 0.15) is 39.8 Å². The monoisotopic (exact) mass is 446 g/mol. The Labute approximate surface area is 182 Å². The van der Waals surface area contributed by atoms with Crippen LogP contribution in [0, 0.1) is 5.82 Å². The van der Waals surface area contributed by atoms with E-state index in [2.05, 4.69) is 20.9 Å². The minimum absolute atomic E-state index is 0.0158. The van der Waals surface area contributed by atoms with Crippen LogP contribution in [0.3, 0.4) is 0 Å². The molecule has 3 aromatic rings. The number of carbonyl (C=O) groups excluding carboxylic acids is 2. The van der Waals surface area contributed by atoms with Crippen molar-refractivity contribution in [3.05, 3.63) is 63.9 Å². The molecule has 0 bridgehead atoms. The molecule has 0 fully saturated rings. The molecular weight excluding hydrogens is 427 g/mol. The van der Waals surface area contributed by atoms with Crippen molar-refractivity contribution < 1.29 is 18.7 Å². The molecule has 11 heteroatoms. The van der Waals surface area contributed by atoms with E-state index in [9.17, 15) is 14.0 Å². The summed E-state index contributed by atoms with van der Waals surface area (Å²) in [5.41, 5.74) is 3.14. The van der Waals surface area contributed by atoms with Gasteiger partial charge in [-0.15, -0.1) is 5.10 Å². The summed E-state index contributed by atoms with van der Waals surface area (Å²) in [6.07, 6.45) is 4.19. The molecule has 2 heterocycles. The highest BCUT2D eigenvalue weighted by molar-refractivity contribution is 6.31. The number of benzene rings is 1. The third-order valence-electron chi connectivity index (χ3n) is 5.06. The number of halogens is 2. The molecule has 9 nitrogen and oxygen atoms in total. The standard InChI is InChI=1S/C20H20ClFN6O3/c1-27-9-14-13(18(27)19(29)23-11-3-5-16(22)15(21)7-11)4-6-17(14)24-20(30)31-10-12-8-28(2)26-25-12/h3,5,7-9,17H,4,6,10H2,1-2H3,(H,23,29)(H,24,30)/t17-/m0/s1. The topological polar surface area (TPSA) is 103 Å². The maximum absolute atomic E-state index is 13.4. The molecule has 31 heavy (non-hydrogen) atoms. The summed E-state index contributed by atoms with van der Waals surface area (Å²) < 4.78 is 21.8. The van der Waals surface area contributed by atoms with Gasteiger partial charge in [0.2, 0.25) is 0 Å². The summed E-state index contributed by atoms with van der Waals surface area (Å²) in [7, 11) is 3.48. The summed E-state index contributed by atoms with van der Waals surface area (Å²) in [4.78, 5) is 25.0. The van der Waals surface area contributed by atoms with E-state index in [0.717, 1.165) is 11.1 Å². The van der Waals surface area contributed by atoms with Crippen LogP contribution in [0.15, 0.2) is 30.6 Å². The molecule has 2 aromatic heterocycles. The lowest BCUT2D eigenvalue weighted by molar-refractivity contribution is 0.101.